The van der Waals surface area contributed by atoms with E-state index in [0.717, 1.165) is 18.2 Å². The van der Waals surface area contributed by atoms with E-state index >= 15 is 0 Å². The van der Waals surface area contributed by atoms with Gasteiger partial charge >= 0.3 is 0 Å². The quantitative estimate of drug-likeness (QED) is 0.691. The van der Waals surface area contributed by atoms with E-state index in [-0.39, 0.29) is 11.3 Å². The Morgan fingerprint density at radius 2 is 2.05 bits per heavy atom. The Kier molecular flexibility index (Phi) is 3.94. The van der Waals surface area contributed by atoms with Gasteiger partial charge in [-0.05, 0) is 30.5 Å². The molecule has 0 unspecified atom stereocenters. The molecule has 0 spiro atoms. The summed E-state index contributed by atoms with van der Waals surface area (Å²) < 4.78 is 0. The minimum absolute atomic E-state index is 0.0410. The lowest BCUT2D eigenvalue weighted by atomic mass is 10.0. The lowest BCUT2D eigenvalue weighted by Crippen LogP contribution is -2.30. The number of hydrogen-bond acceptors (Lipinski definition) is 4. The first kappa shape index (κ1) is 14.1. The van der Waals surface area contributed by atoms with Gasteiger partial charge in [-0.2, -0.15) is 0 Å². The predicted octanol–water partition coefficient (Wildman–Crippen LogP) is 1.80. The highest BCUT2D eigenvalue weighted by Gasteiger charge is 2.18. The fourth-order valence-electron chi connectivity index (χ4n) is 3.08. The van der Waals surface area contributed by atoms with Crippen molar-refractivity contribution in [3.05, 3.63) is 40.2 Å². The number of benzene rings is 1. The van der Waals surface area contributed by atoms with Crippen LogP contribution in [0.1, 0.15) is 37.4 Å². The van der Waals surface area contributed by atoms with Gasteiger partial charge in [-0.1, -0.05) is 12.8 Å². The van der Waals surface area contributed by atoms with Crippen molar-refractivity contribution in [2.24, 2.45) is 0 Å². The van der Waals surface area contributed by atoms with Crippen LogP contribution in [0.25, 0.3) is 10.9 Å². The summed E-state index contributed by atoms with van der Waals surface area (Å²) in [5.74, 6) is 0.0410. The van der Waals surface area contributed by atoms with Crippen LogP contribution in [0.2, 0.25) is 0 Å². The molecule has 4 N–H and O–H groups in total. The van der Waals surface area contributed by atoms with E-state index in [1.165, 1.54) is 25.0 Å². The molecule has 0 aliphatic heterocycles. The molecule has 112 valence electrons. The first-order valence-electron chi connectivity index (χ1n) is 7.41. The number of fused-ring (bicyclic) bond motifs is 1. The van der Waals surface area contributed by atoms with Crippen LogP contribution in [0, 0.1) is 0 Å². The summed E-state index contributed by atoms with van der Waals surface area (Å²) in [4.78, 5) is 14.0. The van der Waals surface area contributed by atoms with E-state index in [9.17, 15) is 15.0 Å². The molecule has 1 aliphatic rings. The number of phenols is 1. The zero-order valence-corrected chi connectivity index (χ0v) is 11.8. The first-order chi connectivity index (χ1) is 10.1. The highest BCUT2D eigenvalue weighted by Crippen LogP contribution is 2.27. The normalized spacial score (nSPS) is 17.4. The van der Waals surface area contributed by atoms with Crippen LogP contribution in [0.3, 0.4) is 0 Å². The number of aliphatic hydroxyl groups is 1. The molecule has 1 aromatic carbocycles. The van der Waals surface area contributed by atoms with Crippen molar-refractivity contribution < 1.29 is 10.2 Å². The third-order valence-corrected chi connectivity index (χ3v) is 4.17. The second kappa shape index (κ2) is 5.87. The van der Waals surface area contributed by atoms with Gasteiger partial charge in [0, 0.05) is 30.1 Å². The number of rotatable bonds is 4. The van der Waals surface area contributed by atoms with Gasteiger partial charge in [0.15, 0.2) is 0 Å². The second-order valence-corrected chi connectivity index (χ2v) is 5.72. The van der Waals surface area contributed by atoms with Crippen LogP contribution in [0.5, 0.6) is 5.75 Å². The molecule has 1 heterocycles. The molecule has 0 radical (unpaired) electrons. The first-order valence-corrected chi connectivity index (χ1v) is 7.41. The van der Waals surface area contributed by atoms with E-state index in [1.807, 2.05) is 0 Å². The maximum absolute atomic E-state index is 11.4. The molecular weight excluding hydrogens is 268 g/mol. The number of aliphatic hydroxyl groups excluding tert-OH is 1. The largest absolute Gasteiger partial charge is 0.508 e. The molecule has 0 bridgehead atoms. The van der Waals surface area contributed by atoms with Crippen LogP contribution >= 0.6 is 0 Å². The summed E-state index contributed by atoms with van der Waals surface area (Å²) in [6.45, 7) is 0.447. The number of pyridine rings is 1. The molecule has 21 heavy (non-hydrogen) atoms. The SMILES string of the molecule is O=c1ccc2c([C@@H](O)CNC3CCCC3)cc(O)cc2[nH]1. The molecule has 0 amide bonds. The van der Waals surface area contributed by atoms with Crippen molar-refractivity contribution in [1.29, 1.82) is 0 Å². The van der Waals surface area contributed by atoms with Gasteiger partial charge in [0.25, 0.3) is 0 Å². The molecule has 1 aromatic heterocycles. The van der Waals surface area contributed by atoms with E-state index in [0.29, 0.717) is 23.7 Å². The zero-order chi connectivity index (χ0) is 14.8. The Labute approximate surface area is 122 Å². The van der Waals surface area contributed by atoms with Crippen molar-refractivity contribution in [1.82, 2.24) is 10.3 Å². The minimum atomic E-state index is -0.717. The van der Waals surface area contributed by atoms with Gasteiger partial charge < -0.3 is 20.5 Å². The fraction of sp³-hybridized carbons (Fsp3) is 0.438. The molecule has 1 fully saturated rings. The summed E-state index contributed by atoms with van der Waals surface area (Å²) in [6.07, 6.45) is 4.07. The van der Waals surface area contributed by atoms with Gasteiger partial charge in [0.2, 0.25) is 5.56 Å². The number of H-pyrrole nitrogens is 1. The van der Waals surface area contributed by atoms with Gasteiger partial charge in [-0.15, -0.1) is 0 Å². The van der Waals surface area contributed by atoms with Crippen LogP contribution < -0.4 is 10.9 Å². The Morgan fingerprint density at radius 1 is 1.29 bits per heavy atom. The summed E-state index contributed by atoms with van der Waals surface area (Å²) in [5, 5.41) is 24.3. The van der Waals surface area contributed by atoms with Gasteiger partial charge in [0.05, 0.1) is 11.6 Å². The zero-order valence-electron chi connectivity index (χ0n) is 11.8. The second-order valence-electron chi connectivity index (χ2n) is 5.72. The predicted molar refractivity (Wildman–Crippen MR) is 81.5 cm³/mol. The summed E-state index contributed by atoms with van der Waals surface area (Å²) in [7, 11) is 0. The maximum atomic E-state index is 11.4. The third kappa shape index (κ3) is 3.09. The smallest absolute Gasteiger partial charge is 0.248 e. The van der Waals surface area contributed by atoms with Crippen LogP contribution in [0.15, 0.2) is 29.1 Å². The molecule has 3 rings (SSSR count). The number of nitrogens with one attached hydrogen (secondary N) is 2. The van der Waals surface area contributed by atoms with E-state index < -0.39 is 6.10 Å². The number of hydrogen-bond donors (Lipinski definition) is 4. The molecule has 1 aliphatic carbocycles. The molecule has 1 saturated carbocycles. The summed E-state index contributed by atoms with van der Waals surface area (Å²) in [5.41, 5.74) is 0.946. The average molecular weight is 288 g/mol. The lowest BCUT2D eigenvalue weighted by molar-refractivity contribution is 0.171. The summed E-state index contributed by atoms with van der Waals surface area (Å²) >= 11 is 0. The third-order valence-electron chi connectivity index (χ3n) is 4.17. The number of aromatic nitrogens is 1. The monoisotopic (exact) mass is 288 g/mol. The topological polar surface area (TPSA) is 85.3 Å². The van der Waals surface area contributed by atoms with Crippen molar-refractivity contribution in [3.8, 4) is 5.75 Å². The minimum Gasteiger partial charge on any atom is -0.508 e. The molecule has 5 nitrogen and oxygen atoms in total. The summed E-state index contributed by atoms with van der Waals surface area (Å²) in [6, 6.07) is 6.64. The number of aromatic hydroxyl groups is 1. The van der Waals surface area contributed by atoms with E-state index in [2.05, 4.69) is 10.3 Å². The van der Waals surface area contributed by atoms with Crippen LogP contribution in [-0.2, 0) is 0 Å². The van der Waals surface area contributed by atoms with Gasteiger partial charge in [-0.3, -0.25) is 4.79 Å². The standard InChI is InChI=1S/C16H20N2O3/c19-11-7-13(12-5-6-16(21)18-14(12)8-11)15(20)9-17-10-3-1-2-4-10/h5-8,10,15,17,19-20H,1-4,9H2,(H,18,21)/t15-/m0/s1. The lowest BCUT2D eigenvalue weighted by Gasteiger charge is -2.18. The van der Waals surface area contributed by atoms with E-state index in [1.54, 1.807) is 12.1 Å². The molecule has 0 saturated heterocycles. The van der Waals surface area contributed by atoms with Crippen LogP contribution in [0.4, 0.5) is 0 Å². The van der Waals surface area contributed by atoms with Crippen LogP contribution in [-0.4, -0.2) is 27.8 Å². The average Bonchev–Trinajstić information content (AvgIpc) is 2.96. The Balaban J connectivity index is 1.85. The Bertz CT molecular complexity index is 689. The molecule has 1 atom stereocenters. The highest BCUT2D eigenvalue weighted by atomic mass is 16.3. The van der Waals surface area contributed by atoms with Crippen molar-refractivity contribution >= 4 is 10.9 Å². The van der Waals surface area contributed by atoms with Crippen molar-refractivity contribution in [2.75, 3.05) is 6.54 Å². The van der Waals surface area contributed by atoms with Gasteiger partial charge in [0.1, 0.15) is 5.75 Å². The highest BCUT2D eigenvalue weighted by molar-refractivity contribution is 5.83. The maximum Gasteiger partial charge on any atom is 0.248 e. The number of phenolic OH excluding ortho intramolecular Hbond substituents is 1. The van der Waals surface area contributed by atoms with Crippen molar-refractivity contribution in [3.63, 3.8) is 0 Å². The van der Waals surface area contributed by atoms with Crippen molar-refractivity contribution in [2.45, 2.75) is 37.8 Å². The van der Waals surface area contributed by atoms with E-state index in [4.69, 9.17) is 0 Å². The molecule has 5 heteroatoms. The number of aromatic amines is 1. The van der Waals surface area contributed by atoms with Gasteiger partial charge in [-0.25, -0.2) is 0 Å². The Morgan fingerprint density at radius 3 is 2.81 bits per heavy atom. The molecule has 2 aromatic rings. The Hall–Kier alpha value is -1.85. The molecular formula is C16H20N2O3. The fourth-order valence-corrected chi connectivity index (χ4v) is 3.08.